The van der Waals surface area contributed by atoms with Crippen molar-refractivity contribution in [3.05, 3.63) is 51.3 Å². The number of nitrogens with zero attached hydrogens (tertiary/aromatic N) is 3. The number of aromatic nitrogens is 2. The Balaban J connectivity index is 2.67. The molecular formula is C13H9F2N3O3. The van der Waals surface area contributed by atoms with E-state index in [1.165, 1.54) is 13.8 Å². The lowest BCUT2D eigenvalue weighted by molar-refractivity contribution is -0.387. The zero-order chi connectivity index (χ0) is 15.7. The van der Waals surface area contributed by atoms with Crippen molar-refractivity contribution in [2.45, 2.75) is 13.8 Å². The molecule has 0 fully saturated rings. The quantitative estimate of drug-likeness (QED) is 0.493. The van der Waals surface area contributed by atoms with Gasteiger partial charge in [-0.25, -0.2) is 14.4 Å². The van der Waals surface area contributed by atoms with Crippen LogP contribution >= 0.6 is 0 Å². The largest absolute Gasteiger partial charge is 0.305 e. The second-order valence-corrected chi connectivity index (χ2v) is 4.26. The lowest BCUT2D eigenvalue weighted by Gasteiger charge is -2.06. The van der Waals surface area contributed by atoms with E-state index >= 15 is 0 Å². The van der Waals surface area contributed by atoms with Crippen molar-refractivity contribution < 1.29 is 18.5 Å². The second kappa shape index (κ2) is 5.31. The van der Waals surface area contributed by atoms with Gasteiger partial charge in [-0.1, -0.05) is 0 Å². The van der Waals surface area contributed by atoms with E-state index in [4.69, 9.17) is 0 Å². The average Bonchev–Trinajstić information content (AvgIpc) is 2.37. The molecule has 0 saturated carbocycles. The normalized spacial score (nSPS) is 10.5. The standard InChI is InChI=1S/C13H9F2N3O3/c1-6-8(7(2)19)5-16-13(17-6)11-9(14)3-4-10(12(11)15)18(20)21/h3-5H,1-2H3. The van der Waals surface area contributed by atoms with Crippen LogP contribution in [0.1, 0.15) is 23.0 Å². The summed E-state index contributed by atoms with van der Waals surface area (Å²) < 4.78 is 27.8. The fourth-order valence-electron chi connectivity index (χ4n) is 1.82. The highest BCUT2D eigenvalue weighted by Crippen LogP contribution is 2.29. The fourth-order valence-corrected chi connectivity index (χ4v) is 1.82. The highest BCUT2D eigenvalue weighted by atomic mass is 19.1. The molecule has 0 unspecified atom stereocenters. The maximum absolute atomic E-state index is 14.0. The molecular weight excluding hydrogens is 284 g/mol. The molecule has 0 saturated heterocycles. The first-order valence-electron chi connectivity index (χ1n) is 5.80. The van der Waals surface area contributed by atoms with E-state index in [1.54, 1.807) is 0 Å². The minimum atomic E-state index is -1.35. The molecule has 2 rings (SSSR count). The Bertz CT molecular complexity index is 763. The second-order valence-electron chi connectivity index (χ2n) is 4.26. The van der Waals surface area contributed by atoms with Crippen molar-refractivity contribution >= 4 is 11.5 Å². The van der Waals surface area contributed by atoms with Gasteiger partial charge in [-0.05, 0) is 19.9 Å². The van der Waals surface area contributed by atoms with Crippen LogP contribution in [0.4, 0.5) is 14.5 Å². The predicted molar refractivity (Wildman–Crippen MR) is 68.8 cm³/mol. The highest BCUT2D eigenvalue weighted by molar-refractivity contribution is 5.94. The maximum atomic E-state index is 14.0. The van der Waals surface area contributed by atoms with E-state index in [1.807, 2.05) is 0 Å². The third kappa shape index (κ3) is 2.60. The van der Waals surface area contributed by atoms with Gasteiger partial charge in [0.1, 0.15) is 5.82 Å². The molecule has 0 spiro atoms. The average molecular weight is 293 g/mol. The van der Waals surface area contributed by atoms with Crippen LogP contribution in [-0.4, -0.2) is 20.7 Å². The molecule has 0 N–H and O–H groups in total. The minimum absolute atomic E-state index is 0.213. The van der Waals surface area contributed by atoms with Crippen LogP contribution in [0.5, 0.6) is 0 Å². The van der Waals surface area contributed by atoms with Gasteiger partial charge in [0.05, 0.1) is 21.7 Å². The molecule has 108 valence electrons. The first-order chi connectivity index (χ1) is 9.82. The van der Waals surface area contributed by atoms with Gasteiger partial charge in [-0.2, -0.15) is 4.39 Å². The van der Waals surface area contributed by atoms with E-state index in [-0.39, 0.29) is 22.9 Å². The number of Topliss-reactive ketones (excluding diaryl/α,β-unsaturated/α-hetero) is 1. The van der Waals surface area contributed by atoms with Crippen LogP contribution in [-0.2, 0) is 0 Å². The lowest BCUT2D eigenvalue weighted by atomic mass is 10.1. The fraction of sp³-hybridized carbons (Fsp3) is 0.154. The van der Waals surface area contributed by atoms with Crippen LogP contribution in [0.3, 0.4) is 0 Å². The van der Waals surface area contributed by atoms with Gasteiger partial charge in [0.25, 0.3) is 0 Å². The summed E-state index contributed by atoms with van der Waals surface area (Å²) in [4.78, 5) is 28.6. The van der Waals surface area contributed by atoms with Gasteiger partial charge in [-0.3, -0.25) is 14.9 Å². The summed E-state index contributed by atoms with van der Waals surface area (Å²) in [5, 5.41) is 10.7. The molecule has 1 aromatic carbocycles. The number of benzene rings is 1. The van der Waals surface area contributed by atoms with E-state index in [0.29, 0.717) is 0 Å². The summed E-state index contributed by atoms with van der Waals surface area (Å²) in [6.07, 6.45) is 1.14. The Hall–Kier alpha value is -2.77. The van der Waals surface area contributed by atoms with E-state index in [9.17, 15) is 23.7 Å². The van der Waals surface area contributed by atoms with Crippen molar-refractivity contribution in [3.8, 4) is 11.4 Å². The minimum Gasteiger partial charge on any atom is -0.294 e. The van der Waals surface area contributed by atoms with Crippen LogP contribution in [0.25, 0.3) is 11.4 Å². The number of rotatable bonds is 3. The Morgan fingerprint density at radius 1 is 1.33 bits per heavy atom. The number of hydrogen-bond donors (Lipinski definition) is 0. The van der Waals surface area contributed by atoms with Crippen LogP contribution in [0, 0.1) is 28.7 Å². The molecule has 0 radical (unpaired) electrons. The number of ketones is 1. The van der Waals surface area contributed by atoms with E-state index in [0.717, 1.165) is 18.3 Å². The maximum Gasteiger partial charge on any atom is 0.305 e. The summed E-state index contributed by atoms with van der Waals surface area (Å²) in [5.74, 6) is -3.02. The summed E-state index contributed by atoms with van der Waals surface area (Å²) in [7, 11) is 0. The van der Waals surface area contributed by atoms with Crippen molar-refractivity contribution in [1.82, 2.24) is 9.97 Å². The molecule has 1 heterocycles. The van der Waals surface area contributed by atoms with Gasteiger partial charge < -0.3 is 0 Å². The van der Waals surface area contributed by atoms with Crippen LogP contribution < -0.4 is 0 Å². The van der Waals surface area contributed by atoms with Gasteiger partial charge in [0, 0.05) is 12.3 Å². The van der Waals surface area contributed by atoms with Crippen LogP contribution in [0.2, 0.25) is 0 Å². The number of nitro benzene ring substituents is 1. The third-order valence-corrected chi connectivity index (χ3v) is 2.85. The van der Waals surface area contributed by atoms with Crippen molar-refractivity contribution in [2.24, 2.45) is 0 Å². The SMILES string of the molecule is CC(=O)c1cnc(-c2c(F)ccc([N+](=O)[O-])c2F)nc1C. The zero-order valence-electron chi connectivity index (χ0n) is 11.1. The first-order valence-corrected chi connectivity index (χ1v) is 5.80. The van der Waals surface area contributed by atoms with Crippen molar-refractivity contribution in [3.63, 3.8) is 0 Å². The Morgan fingerprint density at radius 2 is 2.00 bits per heavy atom. The number of halogens is 2. The first kappa shape index (κ1) is 14.6. The highest BCUT2D eigenvalue weighted by Gasteiger charge is 2.24. The smallest absolute Gasteiger partial charge is 0.294 e. The molecule has 1 aromatic heterocycles. The van der Waals surface area contributed by atoms with Crippen molar-refractivity contribution in [1.29, 1.82) is 0 Å². The number of hydrogen-bond acceptors (Lipinski definition) is 5. The van der Waals surface area contributed by atoms with Gasteiger partial charge in [0.2, 0.25) is 5.82 Å². The predicted octanol–water partition coefficient (Wildman–Crippen LogP) is 2.84. The number of nitro groups is 1. The third-order valence-electron chi connectivity index (χ3n) is 2.85. The van der Waals surface area contributed by atoms with Gasteiger partial charge in [-0.15, -0.1) is 0 Å². The van der Waals surface area contributed by atoms with Crippen molar-refractivity contribution in [2.75, 3.05) is 0 Å². The molecule has 2 aromatic rings. The Morgan fingerprint density at radius 3 is 2.52 bits per heavy atom. The Labute approximate surface area is 117 Å². The molecule has 0 aliphatic carbocycles. The topological polar surface area (TPSA) is 86.0 Å². The summed E-state index contributed by atoms with van der Waals surface area (Å²) in [5.41, 5.74) is -1.12. The molecule has 0 aliphatic rings. The molecule has 6 nitrogen and oxygen atoms in total. The van der Waals surface area contributed by atoms with E-state index in [2.05, 4.69) is 9.97 Å². The summed E-state index contributed by atoms with van der Waals surface area (Å²) in [6, 6.07) is 1.50. The van der Waals surface area contributed by atoms with Crippen LogP contribution in [0.15, 0.2) is 18.3 Å². The summed E-state index contributed by atoms with van der Waals surface area (Å²) >= 11 is 0. The Kier molecular flexibility index (Phi) is 3.70. The molecule has 21 heavy (non-hydrogen) atoms. The molecule has 0 amide bonds. The molecule has 8 heteroatoms. The molecule has 0 atom stereocenters. The monoisotopic (exact) mass is 293 g/mol. The van der Waals surface area contributed by atoms with E-state index < -0.39 is 27.8 Å². The lowest BCUT2D eigenvalue weighted by Crippen LogP contribution is -2.05. The number of carbonyl (C=O) groups is 1. The van der Waals surface area contributed by atoms with Gasteiger partial charge >= 0.3 is 5.69 Å². The number of aryl methyl sites for hydroxylation is 1. The summed E-state index contributed by atoms with van der Waals surface area (Å²) in [6.45, 7) is 2.79. The zero-order valence-corrected chi connectivity index (χ0v) is 11.1. The molecule has 0 aliphatic heterocycles. The number of carbonyl (C=O) groups excluding carboxylic acids is 1. The molecule has 0 bridgehead atoms. The van der Waals surface area contributed by atoms with Gasteiger partial charge in [0.15, 0.2) is 11.6 Å².